The average molecular weight is 224 g/mol. The predicted octanol–water partition coefficient (Wildman–Crippen LogP) is 3.88. The maximum Gasteiger partial charge on any atom is 0.0795 e. The van der Waals surface area contributed by atoms with Gasteiger partial charge in [0.05, 0.1) is 6.10 Å². The highest BCUT2D eigenvalue weighted by Gasteiger charge is 2.17. The highest BCUT2D eigenvalue weighted by atomic mass is 32.2. The molecule has 0 amide bonds. The van der Waals surface area contributed by atoms with Gasteiger partial charge < -0.3 is 5.11 Å². The van der Waals surface area contributed by atoms with Gasteiger partial charge >= 0.3 is 0 Å². The number of hydrogen-bond donors (Lipinski definition) is 1. The SMILES string of the molecule is CSc1ccc(C(O)CC(C)(C)C)cc1. The summed E-state index contributed by atoms with van der Waals surface area (Å²) in [5, 5.41) is 10.0. The summed E-state index contributed by atoms with van der Waals surface area (Å²) in [6.45, 7) is 6.44. The van der Waals surface area contributed by atoms with Crippen molar-refractivity contribution >= 4 is 11.8 Å². The van der Waals surface area contributed by atoms with Crippen LogP contribution in [0.15, 0.2) is 29.2 Å². The number of aliphatic hydroxyl groups is 1. The third-order valence-corrected chi connectivity index (χ3v) is 3.05. The second-order valence-corrected chi connectivity index (χ2v) is 5.93. The van der Waals surface area contributed by atoms with Crippen molar-refractivity contribution in [3.63, 3.8) is 0 Å². The monoisotopic (exact) mass is 224 g/mol. The first-order chi connectivity index (χ1) is 6.92. The van der Waals surface area contributed by atoms with Crippen LogP contribution < -0.4 is 0 Å². The van der Waals surface area contributed by atoms with Crippen LogP contribution in [-0.2, 0) is 0 Å². The molecule has 0 spiro atoms. The number of aliphatic hydroxyl groups excluding tert-OH is 1. The van der Waals surface area contributed by atoms with Crippen molar-refractivity contribution in [2.45, 2.75) is 38.2 Å². The molecule has 0 aliphatic heterocycles. The lowest BCUT2D eigenvalue weighted by Crippen LogP contribution is -2.11. The third kappa shape index (κ3) is 4.27. The molecule has 1 rings (SSSR count). The zero-order valence-corrected chi connectivity index (χ0v) is 10.8. The van der Waals surface area contributed by atoms with Gasteiger partial charge in [0.1, 0.15) is 0 Å². The van der Waals surface area contributed by atoms with E-state index in [1.54, 1.807) is 11.8 Å². The fourth-order valence-corrected chi connectivity index (χ4v) is 1.93. The molecule has 0 saturated heterocycles. The molecule has 0 bridgehead atoms. The zero-order valence-electron chi connectivity index (χ0n) is 9.95. The Labute approximate surface area is 96.9 Å². The molecule has 1 atom stereocenters. The molecule has 0 saturated carbocycles. The van der Waals surface area contributed by atoms with Crippen molar-refractivity contribution in [3.05, 3.63) is 29.8 Å². The Hall–Kier alpha value is -0.470. The first kappa shape index (κ1) is 12.6. The number of benzene rings is 1. The molecule has 1 nitrogen and oxygen atoms in total. The maximum absolute atomic E-state index is 10.0. The first-order valence-electron chi connectivity index (χ1n) is 5.24. The fraction of sp³-hybridized carbons (Fsp3) is 0.538. The average Bonchev–Trinajstić information content (AvgIpc) is 2.15. The maximum atomic E-state index is 10.0. The molecule has 84 valence electrons. The van der Waals surface area contributed by atoms with Gasteiger partial charge in [0, 0.05) is 4.90 Å². The van der Waals surface area contributed by atoms with E-state index < -0.39 is 0 Å². The van der Waals surface area contributed by atoms with Crippen LogP contribution in [0.3, 0.4) is 0 Å². The Morgan fingerprint density at radius 2 is 1.73 bits per heavy atom. The molecule has 0 aliphatic carbocycles. The molecule has 1 aromatic rings. The Bertz CT molecular complexity index is 297. The summed E-state index contributed by atoms with van der Waals surface area (Å²) in [5.41, 5.74) is 1.18. The molecule has 1 unspecified atom stereocenters. The summed E-state index contributed by atoms with van der Waals surface area (Å²) in [5.74, 6) is 0. The van der Waals surface area contributed by atoms with Gasteiger partial charge in [0.2, 0.25) is 0 Å². The second-order valence-electron chi connectivity index (χ2n) is 5.05. The van der Waals surface area contributed by atoms with Crippen molar-refractivity contribution in [1.82, 2.24) is 0 Å². The van der Waals surface area contributed by atoms with Gasteiger partial charge in [-0.05, 0) is 35.8 Å². The fourth-order valence-electron chi connectivity index (χ4n) is 1.52. The zero-order chi connectivity index (χ0) is 11.5. The molecular weight excluding hydrogens is 204 g/mol. The van der Waals surface area contributed by atoms with Crippen molar-refractivity contribution in [2.24, 2.45) is 5.41 Å². The number of rotatable bonds is 3. The van der Waals surface area contributed by atoms with Crippen LogP contribution >= 0.6 is 11.8 Å². The van der Waals surface area contributed by atoms with Crippen LogP contribution in [0.2, 0.25) is 0 Å². The number of hydrogen-bond acceptors (Lipinski definition) is 2. The minimum atomic E-state index is -0.346. The molecule has 1 aromatic carbocycles. The van der Waals surface area contributed by atoms with E-state index in [0.717, 1.165) is 12.0 Å². The van der Waals surface area contributed by atoms with Crippen LogP contribution in [0.4, 0.5) is 0 Å². The summed E-state index contributed by atoms with van der Waals surface area (Å²) in [7, 11) is 0. The Morgan fingerprint density at radius 3 is 2.13 bits per heavy atom. The van der Waals surface area contributed by atoms with Crippen molar-refractivity contribution in [3.8, 4) is 0 Å². The Kier molecular flexibility index (Phi) is 4.23. The highest BCUT2D eigenvalue weighted by Crippen LogP contribution is 2.29. The normalized spacial score (nSPS) is 13.9. The minimum Gasteiger partial charge on any atom is -0.388 e. The molecule has 0 fully saturated rings. The predicted molar refractivity (Wildman–Crippen MR) is 67.3 cm³/mol. The van der Waals surface area contributed by atoms with Gasteiger partial charge in [-0.3, -0.25) is 0 Å². The molecule has 0 aliphatic rings. The molecule has 0 heterocycles. The van der Waals surface area contributed by atoms with Gasteiger partial charge in [0.15, 0.2) is 0 Å². The molecule has 15 heavy (non-hydrogen) atoms. The smallest absolute Gasteiger partial charge is 0.0795 e. The van der Waals surface area contributed by atoms with Gasteiger partial charge in [-0.25, -0.2) is 0 Å². The summed E-state index contributed by atoms with van der Waals surface area (Å²) in [6.07, 6.45) is 2.51. The van der Waals surface area contributed by atoms with Crippen molar-refractivity contribution in [2.75, 3.05) is 6.26 Å². The lowest BCUT2D eigenvalue weighted by atomic mass is 9.87. The molecule has 0 aromatic heterocycles. The van der Waals surface area contributed by atoms with E-state index in [0.29, 0.717) is 0 Å². The van der Waals surface area contributed by atoms with E-state index in [1.807, 2.05) is 12.1 Å². The van der Waals surface area contributed by atoms with E-state index in [-0.39, 0.29) is 11.5 Å². The van der Waals surface area contributed by atoms with Crippen LogP contribution in [0.25, 0.3) is 0 Å². The van der Waals surface area contributed by atoms with E-state index in [9.17, 15) is 5.11 Å². The second kappa shape index (κ2) is 5.04. The highest BCUT2D eigenvalue weighted by molar-refractivity contribution is 7.98. The summed E-state index contributed by atoms with van der Waals surface area (Å²) in [6, 6.07) is 8.15. The van der Waals surface area contributed by atoms with Gasteiger partial charge in [-0.2, -0.15) is 0 Å². The first-order valence-corrected chi connectivity index (χ1v) is 6.47. The molecule has 2 heteroatoms. The number of thioether (sulfide) groups is 1. The Balaban J connectivity index is 2.70. The lowest BCUT2D eigenvalue weighted by molar-refractivity contribution is 0.122. The Morgan fingerprint density at radius 1 is 1.20 bits per heavy atom. The topological polar surface area (TPSA) is 20.2 Å². The van der Waals surface area contributed by atoms with Crippen molar-refractivity contribution < 1.29 is 5.11 Å². The standard InChI is InChI=1S/C13H20OS/c1-13(2,3)9-12(14)10-5-7-11(15-4)8-6-10/h5-8,12,14H,9H2,1-4H3. The van der Waals surface area contributed by atoms with Gasteiger partial charge in [-0.1, -0.05) is 32.9 Å². The minimum absolute atomic E-state index is 0.164. The van der Waals surface area contributed by atoms with E-state index in [2.05, 4.69) is 39.2 Å². The summed E-state index contributed by atoms with van der Waals surface area (Å²) < 4.78 is 0. The third-order valence-electron chi connectivity index (χ3n) is 2.31. The molecule has 0 radical (unpaired) electrons. The van der Waals surface area contributed by atoms with Crippen LogP contribution in [-0.4, -0.2) is 11.4 Å². The van der Waals surface area contributed by atoms with Crippen LogP contribution in [0, 0.1) is 5.41 Å². The van der Waals surface area contributed by atoms with E-state index >= 15 is 0 Å². The van der Waals surface area contributed by atoms with Gasteiger partial charge in [-0.15, -0.1) is 11.8 Å². The molecule has 1 N–H and O–H groups in total. The van der Waals surface area contributed by atoms with E-state index in [4.69, 9.17) is 0 Å². The van der Waals surface area contributed by atoms with Gasteiger partial charge in [0.25, 0.3) is 0 Å². The summed E-state index contributed by atoms with van der Waals surface area (Å²) in [4.78, 5) is 1.24. The summed E-state index contributed by atoms with van der Waals surface area (Å²) >= 11 is 1.72. The van der Waals surface area contributed by atoms with Crippen LogP contribution in [0.1, 0.15) is 38.9 Å². The van der Waals surface area contributed by atoms with Crippen molar-refractivity contribution in [1.29, 1.82) is 0 Å². The van der Waals surface area contributed by atoms with Crippen LogP contribution in [0.5, 0.6) is 0 Å². The lowest BCUT2D eigenvalue weighted by Gasteiger charge is -2.22. The quantitative estimate of drug-likeness (QED) is 0.786. The van der Waals surface area contributed by atoms with E-state index in [1.165, 1.54) is 4.90 Å². The largest absolute Gasteiger partial charge is 0.388 e. The molecular formula is C13H20OS.